The summed E-state index contributed by atoms with van der Waals surface area (Å²) in [7, 11) is 0. The molecule has 7 nitrogen and oxygen atoms in total. The van der Waals surface area contributed by atoms with Crippen molar-refractivity contribution < 1.29 is 23.8 Å². The average Bonchev–Trinajstić information content (AvgIpc) is 2.75. The second kappa shape index (κ2) is 11.3. The molecule has 3 rings (SSSR count). The van der Waals surface area contributed by atoms with Gasteiger partial charge in [0.2, 0.25) is 5.91 Å². The summed E-state index contributed by atoms with van der Waals surface area (Å²) in [5.74, 6) is -0.478. The molecule has 3 amide bonds. The smallest absolute Gasteiger partial charge is 0.315 e. The van der Waals surface area contributed by atoms with E-state index in [1.807, 2.05) is 0 Å². The Morgan fingerprint density at radius 2 is 1.77 bits per heavy atom. The van der Waals surface area contributed by atoms with Gasteiger partial charge in [-0.3, -0.25) is 4.79 Å². The zero-order valence-corrected chi connectivity index (χ0v) is 17.2. The van der Waals surface area contributed by atoms with E-state index < -0.39 is 6.10 Å². The minimum atomic E-state index is -0.536. The summed E-state index contributed by atoms with van der Waals surface area (Å²) < 4.78 is 18.8. The zero-order valence-electron chi connectivity index (χ0n) is 17.2. The molecule has 4 N–H and O–H groups in total. The van der Waals surface area contributed by atoms with E-state index in [-0.39, 0.29) is 49.0 Å². The molecule has 0 unspecified atom stereocenters. The molecule has 1 aromatic carbocycles. The van der Waals surface area contributed by atoms with Gasteiger partial charge in [-0.05, 0) is 43.4 Å². The van der Waals surface area contributed by atoms with Crippen molar-refractivity contribution in [3.05, 3.63) is 35.6 Å². The summed E-state index contributed by atoms with van der Waals surface area (Å²) in [5.41, 5.74) is 0.816. The lowest BCUT2D eigenvalue weighted by atomic mass is 9.95. The molecule has 1 aliphatic heterocycles. The normalized spacial score (nSPS) is 24.8. The van der Waals surface area contributed by atoms with Gasteiger partial charge in [-0.25, -0.2) is 9.18 Å². The van der Waals surface area contributed by atoms with E-state index in [2.05, 4.69) is 16.0 Å². The maximum absolute atomic E-state index is 12.9. The maximum Gasteiger partial charge on any atom is 0.315 e. The zero-order chi connectivity index (χ0) is 21.3. The lowest BCUT2D eigenvalue weighted by molar-refractivity contribution is -0.130. The van der Waals surface area contributed by atoms with Crippen LogP contribution in [0.15, 0.2) is 24.3 Å². The molecule has 0 spiro atoms. The third-order valence-corrected chi connectivity index (χ3v) is 5.87. The van der Waals surface area contributed by atoms with Crippen LogP contribution in [0.5, 0.6) is 0 Å². The molecule has 1 heterocycles. The number of benzene rings is 1. The quantitative estimate of drug-likeness (QED) is 0.543. The van der Waals surface area contributed by atoms with Gasteiger partial charge < -0.3 is 25.8 Å². The highest BCUT2D eigenvalue weighted by atomic mass is 19.1. The highest BCUT2D eigenvalue weighted by molar-refractivity contribution is 5.76. The number of hydrogen-bond acceptors (Lipinski definition) is 4. The van der Waals surface area contributed by atoms with E-state index >= 15 is 0 Å². The molecule has 0 aromatic heterocycles. The van der Waals surface area contributed by atoms with Crippen LogP contribution in [-0.2, 0) is 16.1 Å². The highest BCUT2D eigenvalue weighted by Gasteiger charge is 2.33. The lowest BCUT2D eigenvalue weighted by Gasteiger charge is -2.36. The number of urea groups is 1. The first kappa shape index (κ1) is 22.5. The Morgan fingerprint density at radius 3 is 2.47 bits per heavy atom. The minimum absolute atomic E-state index is 0.164. The van der Waals surface area contributed by atoms with Crippen LogP contribution in [-0.4, -0.2) is 47.9 Å². The molecule has 3 atom stereocenters. The lowest BCUT2D eigenvalue weighted by Crippen LogP contribution is -2.55. The van der Waals surface area contributed by atoms with Gasteiger partial charge in [-0.1, -0.05) is 31.4 Å². The molecule has 8 heteroatoms. The van der Waals surface area contributed by atoms with E-state index in [4.69, 9.17) is 4.74 Å². The van der Waals surface area contributed by atoms with Crippen LogP contribution in [0.2, 0.25) is 0 Å². The van der Waals surface area contributed by atoms with Crippen molar-refractivity contribution in [3.63, 3.8) is 0 Å². The molecule has 30 heavy (non-hydrogen) atoms. The van der Waals surface area contributed by atoms with Crippen LogP contribution in [0.1, 0.15) is 56.9 Å². The summed E-state index contributed by atoms with van der Waals surface area (Å²) in [5, 5.41) is 18.4. The fraction of sp³-hybridized carbons (Fsp3) is 0.636. The first-order valence-electron chi connectivity index (χ1n) is 10.9. The van der Waals surface area contributed by atoms with Gasteiger partial charge in [-0.15, -0.1) is 0 Å². The first-order chi connectivity index (χ1) is 14.5. The summed E-state index contributed by atoms with van der Waals surface area (Å²) in [6, 6.07) is 5.69. The van der Waals surface area contributed by atoms with Crippen LogP contribution in [0.3, 0.4) is 0 Å². The Labute approximate surface area is 176 Å². The fourth-order valence-electron chi connectivity index (χ4n) is 4.17. The topological polar surface area (TPSA) is 99.7 Å². The number of rotatable bonds is 7. The number of aliphatic hydroxyl groups excluding tert-OH is 1. The Balaban J connectivity index is 1.40. The number of ether oxygens (including phenoxy) is 1. The van der Waals surface area contributed by atoms with Gasteiger partial charge in [0.1, 0.15) is 11.9 Å². The van der Waals surface area contributed by atoms with Crippen LogP contribution in [0.25, 0.3) is 0 Å². The van der Waals surface area contributed by atoms with Crippen LogP contribution in [0, 0.1) is 5.82 Å². The summed E-state index contributed by atoms with van der Waals surface area (Å²) >= 11 is 0. The highest BCUT2D eigenvalue weighted by Crippen LogP contribution is 2.22. The number of hydrogen-bond donors (Lipinski definition) is 4. The predicted octanol–water partition coefficient (Wildman–Crippen LogP) is 2.37. The third kappa shape index (κ3) is 6.95. The average molecular weight is 422 g/mol. The molecular weight excluding hydrogens is 389 g/mol. The van der Waals surface area contributed by atoms with Crippen molar-refractivity contribution >= 4 is 11.9 Å². The standard InChI is InChI=1S/C22H32FN3O4/c23-16-8-6-15(7-9-16)13-24-21(28)12-18-10-11-19(20(14-27)30-18)26-22(29)25-17-4-2-1-3-5-17/h6-9,17-20,27H,1-5,10-14H2,(H,24,28)(H2,25,26,29)/t18-,19+,20-/m0/s1. The van der Waals surface area contributed by atoms with Crippen LogP contribution in [0.4, 0.5) is 9.18 Å². The number of carbonyl (C=O) groups is 2. The number of nitrogens with one attached hydrogen (secondary N) is 3. The minimum Gasteiger partial charge on any atom is -0.394 e. The van der Waals surface area contributed by atoms with Gasteiger partial charge in [0, 0.05) is 12.6 Å². The van der Waals surface area contributed by atoms with Gasteiger partial charge in [-0.2, -0.15) is 0 Å². The SMILES string of the molecule is O=C(C[C@@H]1CC[C@@H](NC(=O)NC2CCCCC2)[C@H](CO)O1)NCc1ccc(F)cc1. The molecule has 0 radical (unpaired) electrons. The number of carbonyl (C=O) groups excluding carboxylic acids is 2. The molecule has 1 saturated heterocycles. The molecular formula is C22H32FN3O4. The molecule has 1 saturated carbocycles. The maximum atomic E-state index is 12.9. The second-order valence-electron chi connectivity index (χ2n) is 8.22. The van der Waals surface area contributed by atoms with Crippen molar-refractivity contribution in [1.82, 2.24) is 16.0 Å². The number of aliphatic hydroxyl groups is 1. The third-order valence-electron chi connectivity index (χ3n) is 5.87. The van der Waals surface area contributed by atoms with Gasteiger partial charge in [0.25, 0.3) is 0 Å². The number of halogens is 1. The molecule has 1 aromatic rings. The van der Waals surface area contributed by atoms with Crippen LogP contribution >= 0.6 is 0 Å². The van der Waals surface area contributed by atoms with Gasteiger partial charge >= 0.3 is 6.03 Å². The number of amides is 3. The molecule has 2 aliphatic rings. The second-order valence-corrected chi connectivity index (χ2v) is 8.22. The van der Waals surface area contributed by atoms with Crippen molar-refractivity contribution in [2.24, 2.45) is 0 Å². The molecule has 0 bridgehead atoms. The van der Waals surface area contributed by atoms with E-state index in [9.17, 15) is 19.1 Å². The Kier molecular flexibility index (Phi) is 8.45. The molecule has 166 valence electrons. The van der Waals surface area contributed by atoms with Crippen molar-refractivity contribution in [1.29, 1.82) is 0 Å². The summed E-state index contributed by atoms with van der Waals surface area (Å²) in [6.07, 6.45) is 6.11. The Bertz CT molecular complexity index is 694. The predicted molar refractivity (Wildman–Crippen MR) is 110 cm³/mol. The van der Waals surface area contributed by atoms with Crippen molar-refractivity contribution in [2.75, 3.05) is 6.61 Å². The van der Waals surface area contributed by atoms with Gasteiger partial charge in [0.15, 0.2) is 0 Å². The molecule has 1 aliphatic carbocycles. The largest absolute Gasteiger partial charge is 0.394 e. The first-order valence-corrected chi connectivity index (χ1v) is 10.9. The summed E-state index contributed by atoms with van der Waals surface area (Å²) in [6.45, 7) is 0.100. The van der Waals surface area contributed by atoms with Crippen molar-refractivity contribution in [2.45, 2.75) is 82.2 Å². The fourth-order valence-corrected chi connectivity index (χ4v) is 4.17. The van der Waals surface area contributed by atoms with E-state index in [1.165, 1.54) is 18.6 Å². The van der Waals surface area contributed by atoms with E-state index in [0.29, 0.717) is 19.4 Å². The van der Waals surface area contributed by atoms with E-state index in [0.717, 1.165) is 31.2 Å². The van der Waals surface area contributed by atoms with Crippen LogP contribution < -0.4 is 16.0 Å². The monoisotopic (exact) mass is 421 g/mol. The van der Waals surface area contributed by atoms with Gasteiger partial charge in [0.05, 0.1) is 25.2 Å². The van der Waals surface area contributed by atoms with E-state index in [1.54, 1.807) is 12.1 Å². The Morgan fingerprint density at radius 1 is 1.03 bits per heavy atom. The Hall–Kier alpha value is -2.19. The summed E-state index contributed by atoms with van der Waals surface area (Å²) in [4.78, 5) is 24.5. The molecule has 2 fully saturated rings. The van der Waals surface area contributed by atoms with Crippen molar-refractivity contribution in [3.8, 4) is 0 Å².